The van der Waals surface area contributed by atoms with Crippen LogP contribution in [0.2, 0.25) is 4.34 Å². The van der Waals surface area contributed by atoms with Gasteiger partial charge in [0.25, 0.3) is 0 Å². The van der Waals surface area contributed by atoms with Gasteiger partial charge in [-0.2, -0.15) is 4.72 Å². The molecule has 0 aromatic carbocycles. The van der Waals surface area contributed by atoms with Crippen LogP contribution in [0.4, 0.5) is 0 Å². The number of halogens is 1. The minimum atomic E-state index is -3.86. The van der Waals surface area contributed by atoms with Crippen molar-refractivity contribution >= 4 is 56.8 Å². The quantitative estimate of drug-likeness (QED) is 0.432. The number of thiophene rings is 1. The summed E-state index contributed by atoms with van der Waals surface area (Å²) in [5, 5.41) is 3.80. The van der Waals surface area contributed by atoms with Crippen molar-refractivity contribution in [2.24, 2.45) is 0 Å². The second-order valence-electron chi connectivity index (χ2n) is 8.39. The predicted molar refractivity (Wildman–Crippen MR) is 134 cm³/mol. The van der Waals surface area contributed by atoms with Crippen LogP contribution in [0.3, 0.4) is 0 Å². The van der Waals surface area contributed by atoms with E-state index in [-0.39, 0.29) is 31.0 Å². The molecule has 10 nitrogen and oxygen atoms in total. The first-order valence-electron chi connectivity index (χ1n) is 11.6. The van der Waals surface area contributed by atoms with Crippen molar-refractivity contribution in [1.29, 1.82) is 0 Å². The summed E-state index contributed by atoms with van der Waals surface area (Å²) < 4.78 is 33.0. The first kappa shape index (κ1) is 27.6. The number of nitrogens with one attached hydrogen (secondary N) is 2. The standard InChI is InChI=1S/C22H31ClN4O6S2/c1-2-33-15-20(28)24-13-16-5-3-11-27(16)21(29)14-26-10-4-6-18(22(26)30)25-35(31,32)12-9-17-7-8-19(23)34-17/h7-9,12,16,18,25H,2-6,10-11,13-15H2,1H3,(H,24,28)/b12-9+/t16-,18-/m0/s1. The van der Waals surface area contributed by atoms with Gasteiger partial charge in [-0.1, -0.05) is 11.6 Å². The molecule has 2 aliphatic rings. The molecule has 0 unspecified atom stereocenters. The number of ether oxygens (including phenoxy) is 1. The molecule has 35 heavy (non-hydrogen) atoms. The van der Waals surface area contributed by atoms with E-state index in [1.54, 1.807) is 24.0 Å². The zero-order valence-corrected chi connectivity index (χ0v) is 22.0. The predicted octanol–water partition coefficient (Wildman–Crippen LogP) is 1.43. The minimum Gasteiger partial charge on any atom is -0.372 e. The van der Waals surface area contributed by atoms with Gasteiger partial charge in [-0.3, -0.25) is 14.4 Å². The summed E-state index contributed by atoms with van der Waals surface area (Å²) in [7, 11) is -3.86. The lowest BCUT2D eigenvalue weighted by molar-refractivity contribution is -0.143. The zero-order chi connectivity index (χ0) is 25.4. The van der Waals surface area contributed by atoms with Crippen molar-refractivity contribution in [3.63, 3.8) is 0 Å². The van der Waals surface area contributed by atoms with E-state index in [4.69, 9.17) is 16.3 Å². The largest absolute Gasteiger partial charge is 0.372 e. The van der Waals surface area contributed by atoms with Crippen LogP contribution in [-0.2, 0) is 29.1 Å². The van der Waals surface area contributed by atoms with Gasteiger partial charge in [-0.25, -0.2) is 8.42 Å². The molecule has 0 saturated carbocycles. The van der Waals surface area contributed by atoms with E-state index in [9.17, 15) is 22.8 Å². The fourth-order valence-corrected chi connectivity index (χ4v) is 6.20. The summed E-state index contributed by atoms with van der Waals surface area (Å²) in [5.74, 6) is -0.858. The Morgan fingerprint density at radius 1 is 1.26 bits per heavy atom. The first-order valence-corrected chi connectivity index (χ1v) is 14.3. The van der Waals surface area contributed by atoms with Crippen LogP contribution in [0, 0.1) is 0 Å². The van der Waals surface area contributed by atoms with E-state index in [2.05, 4.69) is 10.0 Å². The highest BCUT2D eigenvalue weighted by atomic mass is 35.5. The molecule has 2 fully saturated rings. The lowest BCUT2D eigenvalue weighted by Gasteiger charge is -2.34. The lowest BCUT2D eigenvalue weighted by atomic mass is 10.1. The molecule has 2 atom stereocenters. The lowest BCUT2D eigenvalue weighted by Crippen LogP contribution is -2.55. The maximum absolute atomic E-state index is 13.0. The molecule has 194 valence electrons. The number of piperidine rings is 1. The summed E-state index contributed by atoms with van der Waals surface area (Å²) in [6.45, 7) is 3.38. The molecule has 0 aliphatic carbocycles. The maximum atomic E-state index is 13.0. The van der Waals surface area contributed by atoms with Gasteiger partial charge in [0.2, 0.25) is 27.7 Å². The van der Waals surface area contributed by atoms with E-state index >= 15 is 0 Å². The van der Waals surface area contributed by atoms with Gasteiger partial charge >= 0.3 is 0 Å². The number of hydrogen-bond donors (Lipinski definition) is 2. The Morgan fingerprint density at radius 2 is 2.03 bits per heavy atom. The highest BCUT2D eigenvalue weighted by Crippen LogP contribution is 2.23. The van der Waals surface area contributed by atoms with Crippen LogP contribution in [-0.4, -0.2) is 87.4 Å². The maximum Gasteiger partial charge on any atom is 0.246 e. The molecule has 0 radical (unpaired) electrons. The van der Waals surface area contributed by atoms with E-state index in [0.29, 0.717) is 48.3 Å². The van der Waals surface area contributed by atoms with Gasteiger partial charge < -0.3 is 19.9 Å². The van der Waals surface area contributed by atoms with Gasteiger partial charge in [0.1, 0.15) is 12.6 Å². The average Bonchev–Trinajstić information content (AvgIpc) is 3.46. The molecule has 1 aromatic rings. The Hall–Kier alpha value is -1.99. The molecule has 2 saturated heterocycles. The molecule has 3 heterocycles. The van der Waals surface area contributed by atoms with Crippen LogP contribution >= 0.6 is 22.9 Å². The van der Waals surface area contributed by atoms with Crippen molar-refractivity contribution in [3.8, 4) is 0 Å². The van der Waals surface area contributed by atoms with Crippen LogP contribution in [0.1, 0.15) is 37.5 Å². The average molecular weight is 547 g/mol. The van der Waals surface area contributed by atoms with Crippen molar-refractivity contribution in [3.05, 3.63) is 26.8 Å². The van der Waals surface area contributed by atoms with Crippen molar-refractivity contribution < 1.29 is 27.5 Å². The molecule has 3 amide bonds. The van der Waals surface area contributed by atoms with E-state index in [0.717, 1.165) is 18.2 Å². The smallest absolute Gasteiger partial charge is 0.246 e. The normalized spacial score (nSPS) is 21.1. The number of nitrogens with zero attached hydrogens (tertiary/aromatic N) is 2. The Bertz CT molecular complexity index is 1040. The number of carbonyl (C=O) groups excluding carboxylic acids is 3. The van der Waals surface area contributed by atoms with Crippen LogP contribution < -0.4 is 10.0 Å². The molecule has 0 bridgehead atoms. The van der Waals surface area contributed by atoms with Gasteiger partial charge in [0, 0.05) is 42.6 Å². The molecule has 2 aliphatic heterocycles. The Kier molecular flexibility index (Phi) is 10.1. The van der Waals surface area contributed by atoms with Crippen LogP contribution in [0.5, 0.6) is 0 Å². The van der Waals surface area contributed by atoms with Crippen LogP contribution in [0.15, 0.2) is 17.5 Å². The van der Waals surface area contributed by atoms with E-state index in [1.165, 1.54) is 22.3 Å². The summed E-state index contributed by atoms with van der Waals surface area (Å²) in [4.78, 5) is 41.5. The minimum absolute atomic E-state index is 0.0208. The molecular formula is C22H31ClN4O6S2. The van der Waals surface area contributed by atoms with Crippen LogP contribution in [0.25, 0.3) is 6.08 Å². The molecular weight excluding hydrogens is 516 g/mol. The van der Waals surface area contributed by atoms with Gasteiger partial charge in [0.15, 0.2) is 0 Å². The third-order valence-corrected chi connectivity index (χ3v) is 8.14. The van der Waals surface area contributed by atoms with Gasteiger partial charge in [-0.15, -0.1) is 11.3 Å². The monoisotopic (exact) mass is 546 g/mol. The number of rotatable bonds is 11. The Labute approximate surface area is 214 Å². The molecule has 2 N–H and O–H groups in total. The van der Waals surface area contributed by atoms with E-state index in [1.807, 2.05) is 0 Å². The topological polar surface area (TPSA) is 125 Å². The Morgan fingerprint density at radius 3 is 2.74 bits per heavy atom. The third-order valence-electron chi connectivity index (χ3n) is 5.84. The summed E-state index contributed by atoms with van der Waals surface area (Å²) in [5.41, 5.74) is 0. The number of sulfonamides is 1. The van der Waals surface area contributed by atoms with Crippen molar-refractivity contribution in [2.75, 3.05) is 39.4 Å². The molecule has 13 heteroatoms. The zero-order valence-electron chi connectivity index (χ0n) is 19.6. The third kappa shape index (κ3) is 8.28. The van der Waals surface area contributed by atoms with Gasteiger partial charge in [0.05, 0.1) is 10.9 Å². The summed E-state index contributed by atoms with van der Waals surface area (Å²) >= 11 is 7.11. The molecule has 0 spiro atoms. The SMILES string of the molecule is CCOCC(=O)NC[C@@H]1CCCN1C(=O)CN1CCC[C@H](NS(=O)(=O)/C=C/c2ccc(Cl)s2)C1=O. The van der Waals surface area contributed by atoms with Crippen molar-refractivity contribution in [1.82, 2.24) is 19.8 Å². The fraction of sp³-hybridized carbons (Fsp3) is 0.591. The summed E-state index contributed by atoms with van der Waals surface area (Å²) in [6, 6.07) is 2.31. The van der Waals surface area contributed by atoms with Crippen molar-refractivity contribution in [2.45, 2.75) is 44.7 Å². The fourth-order valence-electron chi connectivity index (χ4n) is 4.13. The van der Waals surface area contributed by atoms with Gasteiger partial charge in [-0.05, 0) is 50.8 Å². The second kappa shape index (κ2) is 12.8. The Balaban J connectivity index is 1.53. The molecule has 3 rings (SSSR count). The number of hydrogen-bond acceptors (Lipinski definition) is 7. The first-order chi connectivity index (χ1) is 16.7. The number of likely N-dealkylation sites (tertiary alicyclic amines) is 2. The number of amides is 3. The highest BCUT2D eigenvalue weighted by Gasteiger charge is 2.35. The number of carbonyl (C=O) groups is 3. The second-order valence-corrected chi connectivity index (χ2v) is 11.7. The molecule has 1 aromatic heterocycles. The highest BCUT2D eigenvalue weighted by molar-refractivity contribution is 7.92. The van der Waals surface area contributed by atoms with E-state index < -0.39 is 22.0 Å². The summed E-state index contributed by atoms with van der Waals surface area (Å²) in [6.07, 6.45) is 3.94.